The topological polar surface area (TPSA) is 50.4 Å². The molecule has 3 rings (SSSR count). The average Bonchev–Trinajstić information content (AvgIpc) is 3.45. The second-order valence-electron chi connectivity index (χ2n) is 6.25. The molecule has 1 unspecified atom stereocenters. The van der Waals surface area contributed by atoms with Crippen LogP contribution >= 0.6 is 0 Å². The molecule has 0 spiro atoms. The number of rotatable bonds is 7. The van der Waals surface area contributed by atoms with Gasteiger partial charge in [0.2, 0.25) is 0 Å². The van der Waals surface area contributed by atoms with Crippen LogP contribution in [-0.2, 0) is 17.9 Å². The molecule has 0 radical (unpaired) electrons. The molecule has 2 aromatic rings. The Morgan fingerprint density at radius 3 is 2.42 bits per heavy atom. The molecule has 0 aliphatic heterocycles. The standard InChI is InChI=1S/C20H24N2O2/c1-24-14-18-10-6-5-9-17(18)13-21-20(23)22-19(16-11-12-16)15-7-3-2-4-8-15/h2-10,16,19H,11-14H2,1H3,(H2,21,22,23). The molecule has 4 heteroatoms. The molecule has 0 aromatic heterocycles. The minimum absolute atomic E-state index is 0.0976. The van der Waals surface area contributed by atoms with Crippen LogP contribution in [0.4, 0.5) is 4.79 Å². The number of carbonyl (C=O) groups excluding carboxylic acids is 1. The summed E-state index contributed by atoms with van der Waals surface area (Å²) in [5.74, 6) is 0.555. The Labute approximate surface area is 143 Å². The SMILES string of the molecule is COCc1ccccc1CNC(=O)NC(c1ccccc1)C1CC1. The molecule has 0 heterocycles. The van der Waals surface area contributed by atoms with Crippen LogP contribution in [0, 0.1) is 5.92 Å². The number of ether oxygens (including phenoxy) is 1. The van der Waals surface area contributed by atoms with E-state index in [2.05, 4.69) is 22.8 Å². The van der Waals surface area contributed by atoms with E-state index in [9.17, 15) is 4.79 Å². The predicted octanol–water partition coefficient (Wildman–Crippen LogP) is 3.78. The van der Waals surface area contributed by atoms with Crippen LogP contribution in [0.3, 0.4) is 0 Å². The number of benzene rings is 2. The van der Waals surface area contributed by atoms with Crippen LogP contribution in [0.25, 0.3) is 0 Å². The van der Waals surface area contributed by atoms with Gasteiger partial charge in [0, 0.05) is 13.7 Å². The minimum Gasteiger partial charge on any atom is -0.380 e. The summed E-state index contributed by atoms with van der Waals surface area (Å²) in [4.78, 5) is 12.3. The van der Waals surface area contributed by atoms with Crippen molar-refractivity contribution in [3.8, 4) is 0 Å². The van der Waals surface area contributed by atoms with Gasteiger partial charge in [-0.3, -0.25) is 0 Å². The van der Waals surface area contributed by atoms with E-state index >= 15 is 0 Å². The first kappa shape index (κ1) is 16.5. The van der Waals surface area contributed by atoms with Gasteiger partial charge in [0.25, 0.3) is 0 Å². The Morgan fingerprint density at radius 2 is 1.75 bits per heavy atom. The Balaban J connectivity index is 1.59. The number of nitrogens with one attached hydrogen (secondary N) is 2. The van der Waals surface area contributed by atoms with Crippen molar-refractivity contribution < 1.29 is 9.53 Å². The predicted molar refractivity (Wildman–Crippen MR) is 94.4 cm³/mol. The van der Waals surface area contributed by atoms with Gasteiger partial charge < -0.3 is 15.4 Å². The summed E-state index contributed by atoms with van der Waals surface area (Å²) in [6, 6.07) is 18.2. The van der Waals surface area contributed by atoms with Gasteiger partial charge in [0.1, 0.15) is 0 Å². The maximum absolute atomic E-state index is 12.3. The lowest BCUT2D eigenvalue weighted by Crippen LogP contribution is -2.38. The molecule has 24 heavy (non-hydrogen) atoms. The molecule has 1 fully saturated rings. The first-order valence-corrected chi connectivity index (χ1v) is 8.43. The summed E-state index contributed by atoms with van der Waals surface area (Å²) in [6.45, 7) is 1.05. The van der Waals surface area contributed by atoms with Crippen LogP contribution in [0.15, 0.2) is 54.6 Å². The highest BCUT2D eigenvalue weighted by molar-refractivity contribution is 5.74. The number of hydrogen-bond acceptors (Lipinski definition) is 2. The van der Waals surface area contributed by atoms with Gasteiger partial charge in [-0.05, 0) is 35.4 Å². The van der Waals surface area contributed by atoms with Gasteiger partial charge in [-0.15, -0.1) is 0 Å². The summed E-state index contributed by atoms with van der Waals surface area (Å²) < 4.78 is 5.21. The molecule has 1 atom stereocenters. The van der Waals surface area contributed by atoms with Gasteiger partial charge in [-0.2, -0.15) is 0 Å². The number of amides is 2. The summed E-state index contributed by atoms with van der Waals surface area (Å²) in [7, 11) is 1.68. The first-order chi connectivity index (χ1) is 11.8. The van der Waals surface area contributed by atoms with Crippen LogP contribution in [0.2, 0.25) is 0 Å². The van der Waals surface area contributed by atoms with Gasteiger partial charge in [-0.25, -0.2) is 4.79 Å². The smallest absolute Gasteiger partial charge is 0.315 e. The summed E-state index contributed by atoms with van der Waals surface area (Å²) in [6.07, 6.45) is 2.35. The van der Waals surface area contributed by atoms with Crippen molar-refractivity contribution in [1.82, 2.24) is 10.6 Å². The van der Waals surface area contributed by atoms with Crippen molar-refractivity contribution in [2.45, 2.75) is 32.0 Å². The van der Waals surface area contributed by atoms with Crippen molar-refractivity contribution in [3.63, 3.8) is 0 Å². The van der Waals surface area contributed by atoms with Crippen molar-refractivity contribution in [2.75, 3.05) is 7.11 Å². The molecule has 1 aliphatic carbocycles. The van der Waals surface area contributed by atoms with E-state index in [1.807, 2.05) is 42.5 Å². The zero-order valence-corrected chi connectivity index (χ0v) is 14.0. The van der Waals surface area contributed by atoms with Gasteiger partial charge in [-0.1, -0.05) is 54.6 Å². The van der Waals surface area contributed by atoms with Crippen LogP contribution in [-0.4, -0.2) is 13.1 Å². The van der Waals surface area contributed by atoms with E-state index in [-0.39, 0.29) is 12.1 Å². The molecular weight excluding hydrogens is 300 g/mol. The molecular formula is C20H24N2O2. The Bertz CT molecular complexity index is 668. The molecule has 2 amide bonds. The van der Waals surface area contributed by atoms with Crippen LogP contribution in [0.5, 0.6) is 0 Å². The molecule has 0 bridgehead atoms. The quantitative estimate of drug-likeness (QED) is 0.814. The molecule has 0 saturated heterocycles. The Kier molecular flexibility index (Phi) is 5.49. The van der Waals surface area contributed by atoms with Crippen LogP contribution in [0.1, 0.15) is 35.6 Å². The van der Waals surface area contributed by atoms with E-state index in [0.717, 1.165) is 11.1 Å². The zero-order chi connectivity index (χ0) is 16.8. The molecule has 1 saturated carbocycles. The van der Waals surface area contributed by atoms with Crippen molar-refractivity contribution in [2.24, 2.45) is 5.92 Å². The lowest BCUT2D eigenvalue weighted by Gasteiger charge is -2.19. The van der Waals surface area contributed by atoms with E-state index in [0.29, 0.717) is 19.1 Å². The highest BCUT2D eigenvalue weighted by Gasteiger charge is 2.33. The van der Waals surface area contributed by atoms with E-state index in [1.54, 1.807) is 7.11 Å². The van der Waals surface area contributed by atoms with Crippen molar-refractivity contribution >= 4 is 6.03 Å². The normalized spacial score (nSPS) is 14.9. The maximum atomic E-state index is 12.3. The fraction of sp³-hybridized carbons (Fsp3) is 0.350. The number of hydrogen-bond donors (Lipinski definition) is 2. The first-order valence-electron chi connectivity index (χ1n) is 8.43. The molecule has 4 nitrogen and oxygen atoms in total. The monoisotopic (exact) mass is 324 g/mol. The minimum atomic E-state index is -0.122. The van der Waals surface area contributed by atoms with Crippen molar-refractivity contribution in [3.05, 3.63) is 71.3 Å². The fourth-order valence-electron chi connectivity index (χ4n) is 2.96. The third-order valence-electron chi connectivity index (χ3n) is 4.40. The Hall–Kier alpha value is -2.33. The fourth-order valence-corrected chi connectivity index (χ4v) is 2.96. The second-order valence-corrected chi connectivity index (χ2v) is 6.25. The van der Waals surface area contributed by atoms with Crippen molar-refractivity contribution in [1.29, 1.82) is 0 Å². The zero-order valence-electron chi connectivity index (χ0n) is 14.0. The molecule has 2 aromatic carbocycles. The largest absolute Gasteiger partial charge is 0.380 e. The lowest BCUT2D eigenvalue weighted by atomic mass is 10.0. The highest BCUT2D eigenvalue weighted by Crippen LogP contribution is 2.40. The molecule has 1 aliphatic rings. The highest BCUT2D eigenvalue weighted by atomic mass is 16.5. The van der Waals surface area contributed by atoms with E-state index in [4.69, 9.17) is 4.74 Å². The number of carbonyl (C=O) groups is 1. The summed E-state index contributed by atoms with van der Waals surface area (Å²) in [5.41, 5.74) is 3.36. The van der Waals surface area contributed by atoms with Crippen LogP contribution < -0.4 is 10.6 Å². The van der Waals surface area contributed by atoms with Gasteiger partial charge in [0.15, 0.2) is 0 Å². The maximum Gasteiger partial charge on any atom is 0.315 e. The van der Waals surface area contributed by atoms with Gasteiger partial charge in [0.05, 0.1) is 12.6 Å². The average molecular weight is 324 g/mol. The molecule has 126 valence electrons. The second kappa shape index (κ2) is 7.97. The Morgan fingerprint density at radius 1 is 1.08 bits per heavy atom. The molecule has 2 N–H and O–H groups in total. The lowest BCUT2D eigenvalue weighted by molar-refractivity contribution is 0.184. The van der Waals surface area contributed by atoms with E-state index < -0.39 is 0 Å². The third-order valence-corrected chi connectivity index (χ3v) is 4.40. The summed E-state index contributed by atoms with van der Waals surface area (Å²) >= 11 is 0. The number of urea groups is 1. The van der Waals surface area contributed by atoms with Gasteiger partial charge >= 0.3 is 6.03 Å². The number of methoxy groups -OCH3 is 1. The van der Waals surface area contributed by atoms with E-state index in [1.165, 1.54) is 18.4 Å². The summed E-state index contributed by atoms with van der Waals surface area (Å²) in [5, 5.41) is 6.11. The third kappa shape index (κ3) is 4.36.